The fourth-order valence-corrected chi connectivity index (χ4v) is 3.09. The van der Waals surface area contributed by atoms with Crippen LogP contribution < -0.4 is 0 Å². The van der Waals surface area contributed by atoms with Crippen LogP contribution in [-0.4, -0.2) is 35.0 Å². The van der Waals surface area contributed by atoms with E-state index in [1.807, 2.05) is 12.4 Å². The molecule has 4 nitrogen and oxygen atoms in total. The van der Waals surface area contributed by atoms with Gasteiger partial charge in [-0.1, -0.05) is 0 Å². The summed E-state index contributed by atoms with van der Waals surface area (Å²) >= 11 is 0. The Bertz CT molecular complexity index is 420. The van der Waals surface area contributed by atoms with E-state index in [1.165, 1.54) is 24.8 Å². The summed E-state index contributed by atoms with van der Waals surface area (Å²) in [7, 11) is 0. The van der Waals surface area contributed by atoms with Crippen LogP contribution in [0.25, 0.3) is 0 Å². The maximum absolute atomic E-state index is 12.6. The molecule has 0 atom stereocenters. The zero-order valence-electron chi connectivity index (χ0n) is 12.0. The van der Waals surface area contributed by atoms with E-state index in [0.29, 0.717) is 24.3 Å². The van der Waals surface area contributed by atoms with Crippen molar-refractivity contribution in [3.8, 4) is 0 Å². The van der Waals surface area contributed by atoms with E-state index in [4.69, 9.17) is 4.74 Å². The largest absolute Gasteiger partial charge is 0.381 e. The molecular weight excluding hydrogens is 252 g/mol. The van der Waals surface area contributed by atoms with Crippen molar-refractivity contribution in [2.45, 2.75) is 51.1 Å². The average molecular weight is 276 g/mol. The van der Waals surface area contributed by atoms with Gasteiger partial charge in [0.1, 0.15) is 0 Å². The van der Waals surface area contributed by atoms with Crippen LogP contribution in [0, 0.1) is 5.92 Å². The summed E-state index contributed by atoms with van der Waals surface area (Å²) in [6, 6.07) is 2.53. The zero-order chi connectivity index (χ0) is 13.8. The summed E-state index contributed by atoms with van der Waals surface area (Å²) in [6.45, 7) is 2.40. The molecule has 1 saturated heterocycles. The third-order valence-corrected chi connectivity index (χ3v) is 4.66. The van der Waals surface area contributed by atoms with Crippen LogP contribution in [-0.2, 0) is 16.1 Å². The van der Waals surface area contributed by atoms with Crippen molar-refractivity contribution >= 4 is 5.91 Å². The van der Waals surface area contributed by atoms with Gasteiger partial charge >= 0.3 is 0 Å². The molecule has 0 aromatic carbocycles. The number of amides is 1. The van der Waals surface area contributed by atoms with Gasteiger partial charge in [-0.2, -0.15) is 0 Å². The minimum Gasteiger partial charge on any atom is -0.381 e. The van der Waals surface area contributed by atoms with Crippen LogP contribution in [0.5, 0.6) is 0 Å². The van der Waals surface area contributed by atoms with Gasteiger partial charge < -0.3 is 14.6 Å². The molecule has 0 spiro atoms. The van der Waals surface area contributed by atoms with Gasteiger partial charge in [-0.15, -0.1) is 0 Å². The van der Waals surface area contributed by atoms with Crippen molar-refractivity contribution in [1.82, 2.24) is 9.88 Å². The molecule has 1 aliphatic heterocycles. The summed E-state index contributed by atoms with van der Waals surface area (Å²) in [5.74, 6) is 0.854. The Morgan fingerprint density at radius 2 is 2.10 bits per heavy atom. The smallest absolute Gasteiger partial charge is 0.223 e. The quantitative estimate of drug-likeness (QED) is 0.898. The molecule has 0 bridgehead atoms. The van der Waals surface area contributed by atoms with Crippen LogP contribution in [0.1, 0.15) is 44.1 Å². The van der Waals surface area contributed by atoms with Crippen molar-refractivity contribution in [1.29, 1.82) is 0 Å². The number of nitrogens with zero attached hydrogens (tertiary/aromatic N) is 1. The molecule has 1 N–H and O–H groups in total. The van der Waals surface area contributed by atoms with E-state index >= 15 is 0 Å². The molecule has 0 radical (unpaired) electrons. The number of carbonyl (C=O) groups is 1. The van der Waals surface area contributed by atoms with E-state index < -0.39 is 0 Å². The number of hydrogen-bond acceptors (Lipinski definition) is 2. The molecule has 4 heteroatoms. The van der Waals surface area contributed by atoms with Crippen molar-refractivity contribution in [3.05, 3.63) is 24.0 Å². The Labute approximate surface area is 120 Å². The number of H-pyrrole nitrogens is 1. The number of hydrogen-bond donors (Lipinski definition) is 1. The zero-order valence-corrected chi connectivity index (χ0v) is 12.0. The summed E-state index contributed by atoms with van der Waals surface area (Å²) in [4.78, 5) is 17.8. The Hall–Kier alpha value is -1.29. The van der Waals surface area contributed by atoms with Gasteiger partial charge in [0, 0.05) is 44.6 Å². The van der Waals surface area contributed by atoms with Crippen molar-refractivity contribution < 1.29 is 9.53 Å². The predicted molar refractivity (Wildman–Crippen MR) is 77.1 cm³/mol. The first kappa shape index (κ1) is 13.7. The van der Waals surface area contributed by atoms with Gasteiger partial charge in [0.15, 0.2) is 0 Å². The number of aromatic amines is 1. The SMILES string of the molecule is O=C(CC1CCOCC1)N(Cc1cc[nH]c1)C1CCC1. The van der Waals surface area contributed by atoms with E-state index in [2.05, 4.69) is 16.0 Å². The van der Waals surface area contributed by atoms with Gasteiger partial charge in [0.2, 0.25) is 5.91 Å². The van der Waals surface area contributed by atoms with E-state index in [0.717, 1.165) is 32.6 Å². The third-order valence-electron chi connectivity index (χ3n) is 4.66. The number of ether oxygens (including phenoxy) is 1. The molecule has 1 aliphatic carbocycles. The molecular formula is C16H24N2O2. The maximum Gasteiger partial charge on any atom is 0.223 e. The first-order chi connectivity index (χ1) is 9.83. The van der Waals surface area contributed by atoms with Crippen LogP contribution in [0.2, 0.25) is 0 Å². The molecule has 0 unspecified atom stereocenters. The van der Waals surface area contributed by atoms with Crippen LogP contribution in [0.15, 0.2) is 18.5 Å². The standard InChI is InChI=1S/C16H24N2O2/c19-16(10-13-5-8-20-9-6-13)18(15-2-1-3-15)12-14-4-7-17-11-14/h4,7,11,13,15,17H,1-3,5-6,8-10,12H2. The molecule has 1 saturated carbocycles. The highest BCUT2D eigenvalue weighted by Gasteiger charge is 2.30. The molecule has 1 aromatic heterocycles. The Kier molecular flexibility index (Phi) is 4.41. The fourth-order valence-electron chi connectivity index (χ4n) is 3.09. The van der Waals surface area contributed by atoms with Crippen LogP contribution >= 0.6 is 0 Å². The molecule has 20 heavy (non-hydrogen) atoms. The second-order valence-electron chi connectivity index (χ2n) is 6.09. The van der Waals surface area contributed by atoms with Crippen LogP contribution in [0.4, 0.5) is 0 Å². The van der Waals surface area contributed by atoms with Gasteiger partial charge in [-0.05, 0) is 49.7 Å². The lowest BCUT2D eigenvalue weighted by Gasteiger charge is -2.38. The highest BCUT2D eigenvalue weighted by molar-refractivity contribution is 5.77. The minimum atomic E-state index is 0.336. The van der Waals surface area contributed by atoms with E-state index in [1.54, 1.807) is 0 Å². The van der Waals surface area contributed by atoms with Gasteiger partial charge in [0.05, 0.1) is 0 Å². The first-order valence-corrected chi connectivity index (χ1v) is 7.82. The molecule has 110 valence electrons. The lowest BCUT2D eigenvalue weighted by Crippen LogP contribution is -2.44. The van der Waals surface area contributed by atoms with Crippen molar-refractivity contribution in [3.63, 3.8) is 0 Å². The summed E-state index contributed by atoms with van der Waals surface area (Å²) < 4.78 is 5.38. The average Bonchev–Trinajstić information content (AvgIpc) is 2.90. The number of rotatable bonds is 5. The Morgan fingerprint density at radius 3 is 2.70 bits per heavy atom. The van der Waals surface area contributed by atoms with Gasteiger partial charge in [0.25, 0.3) is 0 Å². The lowest BCUT2D eigenvalue weighted by atomic mass is 9.89. The molecule has 1 aromatic rings. The third kappa shape index (κ3) is 3.23. The Morgan fingerprint density at radius 1 is 1.30 bits per heavy atom. The second-order valence-corrected chi connectivity index (χ2v) is 6.09. The normalized spacial score (nSPS) is 20.6. The first-order valence-electron chi connectivity index (χ1n) is 7.82. The number of aromatic nitrogens is 1. The van der Waals surface area contributed by atoms with E-state index in [9.17, 15) is 4.79 Å². The summed E-state index contributed by atoms with van der Waals surface area (Å²) in [5.41, 5.74) is 1.21. The van der Waals surface area contributed by atoms with Gasteiger partial charge in [-0.25, -0.2) is 0 Å². The number of carbonyl (C=O) groups excluding carboxylic acids is 1. The molecule has 2 aliphatic rings. The van der Waals surface area contributed by atoms with E-state index in [-0.39, 0.29) is 0 Å². The van der Waals surface area contributed by atoms with Crippen molar-refractivity contribution in [2.75, 3.05) is 13.2 Å². The second kappa shape index (κ2) is 6.44. The number of nitrogens with one attached hydrogen (secondary N) is 1. The monoisotopic (exact) mass is 276 g/mol. The fraction of sp³-hybridized carbons (Fsp3) is 0.688. The van der Waals surface area contributed by atoms with Crippen molar-refractivity contribution in [2.24, 2.45) is 5.92 Å². The highest BCUT2D eigenvalue weighted by atomic mass is 16.5. The Balaban J connectivity index is 1.60. The molecule has 2 heterocycles. The minimum absolute atomic E-state index is 0.336. The van der Waals surface area contributed by atoms with Crippen LogP contribution in [0.3, 0.4) is 0 Å². The topological polar surface area (TPSA) is 45.3 Å². The lowest BCUT2D eigenvalue weighted by molar-refractivity contribution is -0.137. The summed E-state index contributed by atoms with van der Waals surface area (Å²) in [5, 5.41) is 0. The maximum atomic E-state index is 12.6. The molecule has 1 amide bonds. The molecule has 3 rings (SSSR count). The van der Waals surface area contributed by atoms with Gasteiger partial charge in [-0.3, -0.25) is 4.79 Å². The molecule has 2 fully saturated rings. The summed E-state index contributed by atoms with van der Waals surface area (Å²) in [6.07, 6.45) is 10.3. The predicted octanol–water partition coefficient (Wildman–Crippen LogP) is 2.71. The highest BCUT2D eigenvalue weighted by Crippen LogP contribution is 2.28.